The molecule has 3 rings (SSSR count). The van der Waals surface area contributed by atoms with E-state index in [0.29, 0.717) is 9.72 Å². The molecule has 0 spiro atoms. The van der Waals surface area contributed by atoms with E-state index in [1.165, 1.54) is 0 Å². The lowest BCUT2D eigenvalue weighted by Crippen LogP contribution is -2.15. The highest BCUT2D eigenvalue weighted by Crippen LogP contribution is 2.42. The summed E-state index contributed by atoms with van der Waals surface area (Å²) in [5.41, 5.74) is 0. The lowest BCUT2D eigenvalue weighted by atomic mass is 10.1. The summed E-state index contributed by atoms with van der Waals surface area (Å²) in [5, 5.41) is 0. The maximum atomic E-state index is 12.6. The Kier molecular flexibility index (Phi) is 3.53. The summed E-state index contributed by atoms with van der Waals surface area (Å²) in [5.74, 6) is 0. The molecule has 0 aromatic heterocycles. The standard InChI is InChI=1S/C14H16BrNO2S/c15-11-5-4-8-13-14(10-9-11)16(13)19(17,18)12-6-2-1-3-7-12/h1-7,11,13-14H,8-10H2/b5-4-/t11?,13-,14+,16?/m0/s1. The quantitative estimate of drug-likeness (QED) is 0.471. The van der Waals surface area contributed by atoms with Crippen molar-refractivity contribution in [3.63, 3.8) is 0 Å². The molecule has 102 valence electrons. The molecule has 0 amide bonds. The predicted molar refractivity (Wildman–Crippen MR) is 78.7 cm³/mol. The third-order valence-corrected chi connectivity index (χ3v) is 6.52. The van der Waals surface area contributed by atoms with Gasteiger partial charge in [0.2, 0.25) is 10.0 Å². The van der Waals surface area contributed by atoms with Crippen molar-refractivity contribution in [3.05, 3.63) is 42.5 Å². The lowest BCUT2D eigenvalue weighted by molar-refractivity contribution is 0.540. The van der Waals surface area contributed by atoms with E-state index < -0.39 is 10.0 Å². The Morgan fingerprint density at radius 2 is 1.84 bits per heavy atom. The van der Waals surface area contributed by atoms with Gasteiger partial charge in [0.05, 0.1) is 4.90 Å². The van der Waals surface area contributed by atoms with Crippen molar-refractivity contribution in [3.8, 4) is 0 Å². The number of benzene rings is 1. The highest BCUT2D eigenvalue weighted by Gasteiger charge is 2.54. The summed E-state index contributed by atoms with van der Waals surface area (Å²) in [7, 11) is -3.31. The Morgan fingerprint density at radius 3 is 2.58 bits per heavy atom. The van der Waals surface area contributed by atoms with Gasteiger partial charge in [0.1, 0.15) is 0 Å². The minimum absolute atomic E-state index is 0.154. The number of sulfonamides is 1. The first-order chi connectivity index (χ1) is 9.10. The average molecular weight is 342 g/mol. The van der Waals surface area contributed by atoms with Gasteiger partial charge in [0, 0.05) is 16.9 Å². The van der Waals surface area contributed by atoms with E-state index in [1.807, 2.05) is 6.07 Å². The van der Waals surface area contributed by atoms with Crippen LogP contribution in [0.1, 0.15) is 19.3 Å². The minimum Gasteiger partial charge on any atom is -0.207 e. The highest BCUT2D eigenvalue weighted by atomic mass is 79.9. The summed E-state index contributed by atoms with van der Waals surface area (Å²) in [4.78, 5) is 0.774. The van der Waals surface area contributed by atoms with E-state index in [0.717, 1.165) is 19.3 Å². The monoisotopic (exact) mass is 341 g/mol. The molecule has 5 heteroatoms. The molecule has 0 radical (unpaired) electrons. The molecule has 1 aromatic carbocycles. The first-order valence-corrected chi connectivity index (χ1v) is 8.85. The molecule has 2 aliphatic rings. The fourth-order valence-corrected chi connectivity index (χ4v) is 5.11. The summed E-state index contributed by atoms with van der Waals surface area (Å²) in [6, 6.07) is 9.05. The second-order valence-corrected chi connectivity index (χ2v) is 8.06. The number of allylic oxidation sites excluding steroid dienone is 1. The second kappa shape index (κ2) is 5.04. The first kappa shape index (κ1) is 13.3. The van der Waals surface area contributed by atoms with Gasteiger partial charge in [-0.25, -0.2) is 8.42 Å². The van der Waals surface area contributed by atoms with Gasteiger partial charge in [-0.05, 0) is 31.4 Å². The molecular weight excluding hydrogens is 326 g/mol. The zero-order chi connectivity index (χ0) is 13.5. The smallest absolute Gasteiger partial charge is 0.207 e. The molecular formula is C14H16BrNO2S. The van der Waals surface area contributed by atoms with Crippen LogP contribution in [0.25, 0.3) is 0 Å². The molecule has 3 nitrogen and oxygen atoms in total. The molecule has 19 heavy (non-hydrogen) atoms. The highest BCUT2D eigenvalue weighted by molar-refractivity contribution is 9.09. The zero-order valence-electron chi connectivity index (χ0n) is 10.4. The number of nitrogens with zero attached hydrogens (tertiary/aromatic N) is 1. The Hall–Kier alpha value is -0.650. The normalized spacial score (nSPS) is 35.8. The van der Waals surface area contributed by atoms with Crippen molar-refractivity contribution < 1.29 is 8.42 Å². The Bertz CT molecular complexity index is 585. The van der Waals surface area contributed by atoms with Crippen LogP contribution in [0.3, 0.4) is 0 Å². The topological polar surface area (TPSA) is 37.1 Å². The maximum Gasteiger partial charge on any atom is 0.243 e. The molecule has 0 saturated carbocycles. The van der Waals surface area contributed by atoms with Crippen molar-refractivity contribution in [2.75, 3.05) is 0 Å². The summed E-state index contributed by atoms with van der Waals surface area (Å²) < 4.78 is 26.8. The van der Waals surface area contributed by atoms with Gasteiger partial charge in [-0.3, -0.25) is 0 Å². The van der Waals surface area contributed by atoms with E-state index in [4.69, 9.17) is 0 Å². The number of alkyl halides is 1. The molecule has 1 aliphatic carbocycles. The third kappa shape index (κ3) is 2.51. The molecule has 1 fully saturated rings. The first-order valence-electron chi connectivity index (χ1n) is 6.50. The summed E-state index contributed by atoms with van der Waals surface area (Å²) >= 11 is 3.58. The van der Waals surface area contributed by atoms with Crippen LogP contribution in [0.5, 0.6) is 0 Å². The molecule has 2 unspecified atom stereocenters. The Labute approximate surface area is 122 Å². The minimum atomic E-state index is -3.31. The van der Waals surface area contributed by atoms with Gasteiger partial charge in [-0.2, -0.15) is 4.31 Å². The molecule has 1 heterocycles. The number of fused-ring (bicyclic) bond motifs is 1. The van der Waals surface area contributed by atoms with Crippen LogP contribution in [0.15, 0.2) is 47.4 Å². The van der Waals surface area contributed by atoms with E-state index in [9.17, 15) is 8.42 Å². The van der Waals surface area contributed by atoms with Gasteiger partial charge < -0.3 is 0 Å². The number of halogens is 1. The van der Waals surface area contributed by atoms with Gasteiger partial charge in [-0.15, -0.1) is 0 Å². The molecule has 1 aliphatic heterocycles. The Balaban J connectivity index is 1.84. The van der Waals surface area contributed by atoms with Crippen molar-refractivity contribution in [1.29, 1.82) is 0 Å². The fourth-order valence-electron chi connectivity index (χ4n) is 2.75. The average Bonchev–Trinajstić information content (AvgIpc) is 3.08. The third-order valence-electron chi connectivity index (χ3n) is 3.79. The van der Waals surface area contributed by atoms with Crippen LogP contribution in [0.2, 0.25) is 0 Å². The lowest BCUT2D eigenvalue weighted by Gasteiger charge is -2.06. The number of rotatable bonds is 2. The largest absolute Gasteiger partial charge is 0.243 e. The van der Waals surface area contributed by atoms with Crippen LogP contribution in [0.4, 0.5) is 0 Å². The van der Waals surface area contributed by atoms with Crippen LogP contribution in [-0.2, 0) is 10.0 Å². The van der Waals surface area contributed by atoms with Crippen LogP contribution >= 0.6 is 15.9 Å². The number of hydrogen-bond donors (Lipinski definition) is 0. The van der Waals surface area contributed by atoms with Gasteiger partial charge >= 0.3 is 0 Å². The van der Waals surface area contributed by atoms with Gasteiger partial charge in [0.25, 0.3) is 0 Å². The van der Waals surface area contributed by atoms with E-state index in [2.05, 4.69) is 28.1 Å². The Morgan fingerprint density at radius 1 is 1.11 bits per heavy atom. The van der Waals surface area contributed by atoms with E-state index >= 15 is 0 Å². The molecule has 1 aromatic rings. The van der Waals surface area contributed by atoms with Crippen LogP contribution in [-0.4, -0.2) is 29.6 Å². The fraction of sp³-hybridized carbons (Fsp3) is 0.429. The van der Waals surface area contributed by atoms with E-state index in [1.54, 1.807) is 28.6 Å². The predicted octanol–water partition coefficient (Wildman–Crippen LogP) is 2.93. The van der Waals surface area contributed by atoms with Gasteiger partial charge in [0.15, 0.2) is 0 Å². The molecule has 1 saturated heterocycles. The summed E-state index contributed by atoms with van der Waals surface area (Å²) in [6.45, 7) is 0. The van der Waals surface area contributed by atoms with Crippen molar-refractivity contribution in [1.82, 2.24) is 4.31 Å². The molecule has 0 N–H and O–H groups in total. The molecule has 4 atom stereocenters. The zero-order valence-corrected chi connectivity index (χ0v) is 12.8. The van der Waals surface area contributed by atoms with Crippen LogP contribution in [0, 0.1) is 0 Å². The molecule has 0 bridgehead atoms. The van der Waals surface area contributed by atoms with Crippen molar-refractivity contribution in [2.45, 2.75) is 41.1 Å². The summed E-state index contributed by atoms with van der Waals surface area (Å²) in [6.07, 6.45) is 6.95. The van der Waals surface area contributed by atoms with E-state index in [-0.39, 0.29) is 12.1 Å². The maximum absolute atomic E-state index is 12.6. The van der Waals surface area contributed by atoms with Gasteiger partial charge in [-0.1, -0.05) is 46.3 Å². The van der Waals surface area contributed by atoms with Crippen molar-refractivity contribution >= 4 is 26.0 Å². The SMILES string of the molecule is O=S(=O)(c1ccccc1)N1[C@@H]2CCC(Br)/C=C\C[C@@H]21. The van der Waals surface area contributed by atoms with Crippen LogP contribution < -0.4 is 0 Å². The second-order valence-electron chi connectivity index (χ2n) is 5.04. The number of hydrogen-bond acceptors (Lipinski definition) is 2. The van der Waals surface area contributed by atoms with Crippen molar-refractivity contribution in [2.24, 2.45) is 0 Å².